The minimum atomic E-state index is -0.617. The van der Waals surface area contributed by atoms with Gasteiger partial charge in [0.25, 0.3) is 0 Å². The molecule has 0 bridgehead atoms. The molecule has 1 aliphatic heterocycles. The molecule has 190 valence electrons. The number of ether oxygens (including phenoxy) is 1. The lowest BCUT2D eigenvalue weighted by atomic mass is 9.81. The van der Waals surface area contributed by atoms with Gasteiger partial charge in [0.1, 0.15) is 0 Å². The maximum Gasteiger partial charge on any atom is 0.339 e. The first kappa shape index (κ1) is 24.8. The van der Waals surface area contributed by atoms with Crippen molar-refractivity contribution in [3.05, 3.63) is 60.2 Å². The van der Waals surface area contributed by atoms with Crippen LogP contribution in [0.15, 0.2) is 54.6 Å². The molecule has 1 aliphatic carbocycles. The zero-order valence-electron chi connectivity index (χ0n) is 21.3. The van der Waals surface area contributed by atoms with Crippen LogP contribution < -0.4 is 4.90 Å². The monoisotopic (exact) mass is 498 g/mol. The molecule has 2 heterocycles. The number of aromatic nitrogens is 1. The zero-order chi connectivity index (χ0) is 26.3. The van der Waals surface area contributed by atoms with Crippen molar-refractivity contribution in [2.45, 2.75) is 46.5 Å². The number of carbonyl (C=O) groups is 4. The van der Waals surface area contributed by atoms with Crippen molar-refractivity contribution in [3.63, 3.8) is 0 Å². The highest BCUT2D eigenvalue weighted by molar-refractivity contribution is 6.22. The smallest absolute Gasteiger partial charge is 0.339 e. The van der Waals surface area contributed by atoms with Gasteiger partial charge in [0.05, 0.1) is 34.3 Å². The number of amides is 2. The Morgan fingerprint density at radius 2 is 1.62 bits per heavy atom. The normalized spacial score (nSPS) is 19.7. The number of benzene rings is 2. The summed E-state index contributed by atoms with van der Waals surface area (Å²) in [5.41, 5.74) is 1.96. The number of Topliss-reactive ketones (excluding diaryl/α,β-unsaturated/α-hetero) is 1. The molecule has 2 amide bonds. The van der Waals surface area contributed by atoms with E-state index in [-0.39, 0.29) is 36.0 Å². The van der Waals surface area contributed by atoms with Crippen molar-refractivity contribution >= 4 is 40.2 Å². The standard InChI is InChI=1S/C30H30N2O5/c1-30(2,3)26(33)17-37-29(36)23-16-25(31-24-14-7-6-11-20(23)24)18-9-8-10-19(15-18)32-27(34)21-12-4-5-13-22(21)28(32)35/h6-11,14-16,21-22H,4-5,12-13,17H2,1-3H3/t21-,22-/m1/s1. The topological polar surface area (TPSA) is 93.6 Å². The Labute approximate surface area is 215 Å². The van der Waals surface area contributed by atoms with Gasteiger partial charge in [0.2, 0.25) is 11.8 Å². The Kier molecular flexibility index (Phi) is 6.40. The lowest BCUT2D eigenvalue weighted by Crippen LogP contribution is -2.30. The number of imide groups is 1. The van der Waals surface area contributed by atoms with E-state index < -0.39 is 11.4 Å². The Hall–Kier alpha value is -3.87. The molecule has 0 spiro atoms. The molecule has 1 saturated carbocycles. The van der Waals surface area contributed by atoms with Crippen LogP contribution in [0, 0.1) is 17.3 Å². The minimum Gasteiger partial charge on any atom is -0.454 e. The molecular formula is C30H30N2O5. The van der Waals surface area contributed by atoms with E-state index in [1.54, 1.807) is 57.2 Å². The van der Waals surface area contributed by atoms with Gasteiger partial charge < -0.3 is 4.74 Å². The van der Waals surface area contributed by atoms with E-state index >= 15 is 0 Å². The molecule has 3 aromatic rings. The molecule has 2 atom stereocenters. The predicted molar refractivity (Wildman–Crippen MR) is 140 cm³/mol. The fraction of sp³-hybridized carbons (Fsp3) is 0.367. The van der Waals surface area contributed by atoms with E-state index in [9.17, 15) is 19.2 Å². The van der Waals surface area contributed by atoms with E-state index in [2.05, 4.69) is 0 Å². The highest BCUT2D eigenvalue weighted by Crippen LogP contribution is 2.40. The molecule has 0 unspecified atom stereocenters. The number of nitrogens with zero attached hydrogens (tertiary/aromatic N) is 2. The zero-order valence-corrected chi connectivity index (χ0v) is 21.3. The molecule has 1 aromatic heterocycles. The summed E-state index contributed by atoms with van der Waals surface area (Å²) in [6.45, 7) is 5.02. The highest BCUT2D eigenvalue weighted by atomic mass is 16.5. The molecule has 2 fully saturated rings. The number of rotatable bonds is 5. The Bertz CT molecular complexity index is 1400. The summed E-state index contributed by atoms with van der Waals surface area (Å²) < 4.78 is 5.39. The van der Waals surface area contributed by atoms with E-state index in [4.69, 9.17) is 9.72 Å². The third-order valence-electron chi connectivity index (χ3n) is 7.35. The average Bonchev–Trinajstić information content (AvgIpc) is 3.15. The molecule has 1 saturated heterocycles. The van der Waals surface area contributed by atoms with E-state index in [0.29, 0.717) is 33.4 Å². The number of para-hydroxylation sites is 1. The molecule has 7 heteroatoms. The quantitative estimate of drug-likeness (QED) is 0.348. The number of anilines is 1. The maximum absolute atomic E-state index is 13.1. The van der Waals surface area contributed by atoms with Crippen LogP contribution in [0.4, 0.5) is 5.69 Å². The van der Waals surface area contributed by atoms with Crippen molar-refractivity contribution in [1.29, 1.82) is 0 Å². The van der Waals surface area contributed by atoms with Crippen LogP contribution in [0.25, 0.3) is 22.2 Å². The van der Waals surface area contributed by atoms with Crippen molar-refractivity contribution in [2.24, 2.45) is 17.3 Å². The van der Waals surface area contributed by atoms with Crippen LogP contribution in [0.3, 0.4) is 0 Å². The molecule has 2 aromatic carbocycles. The first-order valence-electron chi connectivity index (χ1n) is 12.7. The van der Waals surface area contributed by atoms with Crippen molar-refractivity contribution in [3.8, 4) is 11.3 Å². The number of carbonyl (C=O) groups excluding carboxylic acids is 4. The Balaban J connectivity index is 1.50. The van der Waals surface area contributed by atoms with Gasteiger partial charge in [-0.05, 0) is 37.1 Å². The van der Waals surface area contributed by atoms with Crippen LogP contribution in [-0.2, 0) is 19.1 Å². The van der Waals surface area contributed by atoms with Crippen molar-refractivity contribution < 1.29 is 23.9 Å². The van der Waals surface area contributed by atoms with Gasteiger partial charge in [-0.25, -0.2) is 9.78 Å². The summed E-state index contributed by atoms with van der Waals surface area (Å²) in [5, 5.41) is 0.615. The summed E-state index contributed by atoms with van der Waals surface area (Å²) in [6.07, 6.45) is 3.44. The Morgan fingerprint density at radius 3 is 2.30 bits per heavy atom. The van der Waals surface area contributed by atoms with Crippen LogP contribution in [-0.4, -0.2) is 35.2 Å². The van der Waals surface area contributed by atoms with Gasteiger partial charge in [-0.1, -0.05) is 63.9 Å². The first-order chi connectivity index (χ1) is 17.6. The third kappa shape index (κ3) is 4.66. The van der Waals surface area contributed by atoms with Crippen LogP contribution >= 0.6 is 0 Å². The lowest BCUT2D eigenvalue weighted by Gasteiger charge is -2.19. The minimum absolute atomic E-state index is 0.133. The van der Waals surface area contributed by atoms with Gasteiger partial charge in [0.15, 0.2) is 12.4 Å². The van der Waals surface area contributed by atoms with Crippen molar-refractivity contribution in [1.82, 2.24) is 4.98 Å². The largest absolute Gasteiger partial charge is 0.454 e. The number of esters is 1. The number of pyridine rings is 1. The summed E-state index contributed by atoms with van der Waals surface area (Å²) in [5.74, 6) is -1.52. The summed E-state index contributed by atoms with van der Waals surface area (Å²) in [6, 6.07) is 16.0. The summed E-state index contributed by atoms with van der Waals surface area (Å²) >= 11 is 0. The molecule has 5 rings (SSSR count). The third-order valence-corrected chi connectivity index (χ3v) is 7.35. The predicted octanol–water partition coefficient (Wildman–Crippen LogP) is 5.35. The maximum atomic E-state index is 13.1. The van der Waals surface area contributed by atoms with Gasteiger partial charge in [-0.15, -0.1) is 0 Å². The van der Waals surface area contributed by atoms with Crippen molar-refractivity contribution in [2.75, 3.05) is 11.5 Å². The molecule has 37 heavy (non-hydrogen) atoms. The number of fused-ring (bicyclic) bond motifs is 2. The second-order valence-corrected chi connectivity index (χ2v) is 10.9. The molecule has 0 N–H and O–H groups in total. The molecular weight excluding hydrogens is 468 g/mol. The lowest BCUT2D eigenvalue weighted by molar-refractivity contribution is -0.129. The SMILES string of the molecule is CC(C)(C)C(=O)COC(=O)c1cc(-c2cccc(N3C(=O)[C@@H]4CCCC[C@H]4C3=O)c2)nc2ccccc12. The van der Waals surface area contributed by atoms with E-state index in [1.807, 2.05) is 18.2 Å². The van der Waals surface area contributed by atoms with Gasteiger partial charge in [-0.3, -0.25) is 19.3 Å². The number of hydrogen-bond acceptors (Lipinski definition) is 6. The van der Waals surface area contributed by atoms with Crippen LogP contribution in [0.5, 0.6) is 0 Å². The average molecular weight is 499 g/mol. The van der Waals surface area contributed by atoms with E-state index in [1.165, 1.54) is 4.90 Å². The van der Waals surface area contributed by atoms with Gasteiger partial charge in [-0.2, -0.15) is 0 Å². The first-order valence-corrected chi connectivity index (χ1v) is 12.7. The molecule has 0 radical (unpaired) electrons. The fourth-order valence-corrected chi connectivity index (χ4v) is 5.14. The van der Waals surface area contributed by atoms with Gasteiger partial charge >= 0.3 is 5.97 Å². The second-order valence-electron chi connectivity index (χ2n) is 10.9. The van der Waals surface area contributed by atoms with E-state index in [0.717, 1.165) is 25.7 Å². The van der Waals surface area contributed by atoms with Crippen LogP contribution in [0.1, 0.15) is 56.8 Å². The molecule has 2 aliphatic rings. The second kappa shape index (κ2) is 9.54. The molecule has 7 nitrogen and oxygen atoms in total. The number of ketones is 1. The van der Waals surface area contributed by atoms with Gasteiger partial charge in [0, 0.05) is 16.4 Å². The summed E-state index contributed by atoms with van der Waals surface area (Å²) in [7, 11) is 0. The fourth-order valence-electron chi connectivity index (χ4n) is 5.14. The Morgan fingerprint density at radius 1 is 0.946 bits per heavy atom. The highest BCUT2D eigenvalue weighted by Gasteiger charge is 2.48. The summed E-state index contributed by atoms with van der Waals surface area (Å²) in [4.78, 5) is 57.7. The number of hydrogen-bond donors (Lipinski definition) is 0. The van der Waals surface area contributed by atoms with Crippen LogP contribution in [0.2, 0.25) is 0 Å².